The summed E-state index contributed by atoms with van der Waals surface area (Å²) in [6, 6.07) is 0. The Morgan fingerprint density at radius 3 is 1.48 bits per heavy atom. The fourth-order valence-corrected chi connectivity index (χ4v) is 8.20. The first-order valence-electron chi connectivity index (χ1n) is 25.9. The average molecular weight is 931 g/mol. The SMILES string of the molecule is CCCCCCC/C=C\C/C=C\CCCCCCCCCCCCCC(=O)OC(COCCCCCCCCCC)COC1OC(COC2OC(CO)C(O)C(O)C2O)C(O)C(O)C1O. The largest absolute Gasteiger partial charge is 0.457 e. The van der Waals surface area contributed by atoms with Gasteiger partial charge in [-0.15, -0.1) is 0 Å². The van der Waals surface area contributed by atoms with E-state index in [4.69, 9.17) is 28.4 Å². The first kappa shape index (κ1) is 59.6. The Labute approximate surface area is 392 Å². The highest BCUT2D eigenvalue weighted by atomic mass is 16.7. The van der Waals surface area contributed by atoms with Crippen LogP contribution in [-0.2, 0) is 33.2 Å². The van der Waals surface area contributed by atoms with E-state index in [0.717, 1.165) is 44.9 Å². The lowest BCUT2D eigenvalue weighted by Gasteiger charge is -2.42. The number of aliphatic hydroxyl groups excluding tert-OH is 7. The Bertz CT molecular complexity index is 1170. The summed E-state index contributed by atoms with van der Waals surface area (Å²) in [5.41, 5.74) is 0. The van der Waals surface area contributed by atoms with Crippen molar-refractivity contribution in [3.05, 3.63) is 24.3 Å². The third-order valence-corrected chi connectivity index (χ3v) is 12.5. The highest BCUT2D eigenvalue weighted by Gasteiger charge is 2.47. The summed E-state index contributed by atoms with van der Waals surface area (Å²) in [6.45, 7) is 3.66. The fourth-order valence-electron chi connectivity index (χ4n) is 8.20. The number of rotatable bonds is 41. The van der Waals surface area contributed by atoms with Gasteiger partial charge in [-0.05, 0) is 44.9 Å². The van der Waals surface area contributed by atoms with Crippen LogP contribution in [0.15, 0.2) is 24.3 Å². The van der Waals surface area contributed by atoms with Crippen molar-refractivity contribution < 1.29 is 69.0 Å². The van der Waals surface area contributed by atoms with Crippen molar-refractivity contribution in [2.75, 3.05) is 33.0 Å². The minimum absolute atomic E-state index is 0.0636. The van der Waals surface area contributed by atoms with Gasteiger partial charge in [-0.2, -0.15) is 0 Å². The van der Waals surface area contributed by atoms with Crippen LogP contribution in [0.4, 0.5) is 0 Å². The van der Waals surface area contributed by atoms with Gasteiger partial charge in [0.25, 0.3) is 0 Å². The lowest BCUT2D eigenvalue weighted by atomic mass is 9.98. The topological polar surface area (TPSA) is 214 Å². The quantitative estimate of drug-likeness (QED) is 0.0179. The predicted molar refractivity (Wildman–Crippen MR) is 252 cm³/mol. The molecule has 0 amide bonds. The monoisotopic (exact) mass is 931 g/mol. The molecule has 0 spiro atoms. The number of hydrogen-bond acceptors (Lipinski definition) is 14. The van der Waals surface area contributed by atoms with Gasteiger partial charge in [-0.3, -0.25) is 4.79 Å². The van der Waals surface area contributed by atoms with E-state index in [1.54, 1.807) is 0 Å². The summed E-state index contributed by atoms with van der Waals surface area (Å²) in [4.78, 5) is 13.0. The third-order valence-electron chi connectivity index (χ3n) is 12.5. The molecule has 2 saturated heterocycles. The van der Waals surface area contributed by atoms with Gasteiger partial charge in [-0.25, -0.2) is 0 Å². The van der Waals surface area contributed by atoms with Crippen molar-refractivity contribution >= 4 is 5.97 Å². The Kier molecular flexibility index (Phi) is 36.1. The number of ether oxygens (including phenoxy) is 6. The highest BCUT2D eigenvalue weighted by molar-refractivity contribution is 5.69. The predicted octanol–water partition coefficient (Wildman–Crippen LogP) is 7.63. The zero-order chi connectivity index (χ0) is 47.3. The molecule has 0 aromatic heterocycles. The normalized spacial score (nSPS) is 26.7. The molecule has 0 aliphatic carbocycles. The summed E-state index contributed by atoms with van der Waals surface area (Å²) >= 11 is 0. The van der Waals surface area contributed by atoms with Crippen LogP contribution >= 0.6 is 0 Å². The molecule has 2 aliphatic rings. The van der Waals surface area contributed by atoms with E-state index in [1.807, 2.05) is 0 Å². The number of hydrogen-bond donors (Lipinski definition) is 7. The summed E-state index contributed by atoms with van der Waals surface area (Å²) in [5, 5.41) is 72.0. The van der Waals surface area contributed by atoms with Crippen LogP contribution in [0, 0.1) is 0 Å². The van der Waals surface area contributed by atoms with Gasteiger partial charge in [-0.1, -0.05) is 167 Å². The summed E-state index contributed by atoms with van der Waals surface area (Å²) in [6.07, 6.45) is 25.5. The number of carbonyl (C=O) groups excluding carboxylic acids is 1. The molecule has 2 rings (SSSR count). The first-order chi connectivity index (χ1) is 31.6. The molecule has 11 atom stereocenters. The van der Waals surface area contributed by atoms with Gasteiger partial charge in [0.05, 0.1) is 26.4 Å². The minimum Gasteiger partial charge on any atom is -0.457 e. The van der Waals surface area contributed by atoms with Gasteiger partial charge >= 0.3 is 5.97 Å². The van der Waals surface area contributed by atoms with Crippen LogP contribution < -0.4 is 0 Å². The Balaban J connectivity index is 1.68. The maximum atomic E-state index is 13.0. The Hall–Kier alpha value is -1.53. The standard InChI is InChI=1S/C51H94O14/c1-3-5-7-9-11-13-14-15-16-17-18-19-20-21-22-23-24-25-26-27-28-30-32-34-43(53)63-40(37-60-35-33-31-29-12-10-8-6-4-2)38-61-50-49(59)47(57)45(55)42(65-50)39-62-51-48(58)46(56)44(54)41(36-52)64-51/h14-15,17-18,40-42,44-52,54-59H,3-13,16,19-39H2,1-2H3/b15-14-,18-17-. The molecule has 0 radical (unpaired) electrons. The van der Waals surface area contributed by atoms with Gasteiger partial charge in [0.2, 0.25) is 0 Å². The molecule has 2 aliphatic heterocycles. The van der Waals surface area contributed by atoms with Crippen molar-refractivity contribution in [2.45, 2.75) is 261 Å². The van der Waals surface area contributed by atoms with Crippen molar-refractivity contribution in [1.29, 1.82) is 0 Å². The van der Waals surface area contributed by atoms with Crippen LogP contribution in [-0.4, -0.2) is 142 Å². The van der Waals surface area contributed by atoms with Gasteiger partial charge in [0, 0.05) is 13.0 Å². The van der Waals surface area contributed by atoms with Crippen LogP contribution in [0.2, 0.25) is 0 Å². The smallest absolute Gasteiger partial charge is 0.306 e. The zero-order valence-electron chi connectivity index (χ0n) is 40.5. The van der Waals surface area contributed by atoms with E-state index < -0.39 is 80.7 Å². The van der Waals surface area contributed by atoms with Crippen LogP contribution in [0.5, 0.6) is 0 Å². The van der Waals surface area contributed by atoms with E-state index >= 15 is 0 Å². The molecule has 14 heteroatoms. The maximum absolute atomic E-state index is 13.0. The Morgan fingerprint density at radius 2 is 0.954 bits per heavy atom. The molecule has 7 N–H and O–H groups in total. The van der Waals surface area contributed by atoms with E-state index in [0.29, 0.717) is 13.0 Å². The second kappa shape index (κ2) is 39.3. The molecule has 0 aromatic carbocycles. The van der Waals surface area contributed by atoms with Gasteiger partial charge in [0.15, 0.2) is 12.6 Å². The highest BCUT2D eigenvalue weighted by Crippen LogP contribution is 2.26. The third kappa shape index (κ3) is 27.3. The minimum atomic E-state index is -1.70. The maximum Gasteiger partial charge on any atom is 0.306 e. The Morgan fingerprint density at radius 1 is 0.508 bits per heavy atom. The molecular formula is C51H94O14. The average Bonchev–Trinajstić information content (AvgIpc) is 3.30. The van der Waals surface area contributed by atoms with Gasteiger partial charge < -0.3 is 64.2 Å². The summed E-state index contributed by atoms with van der Waals surface area (Å²) < 4.78 is 34.2. The molecular weight excluding hydrogens is 837 g/mol. The zero-order valence-corrected chi connectivity index (χ0v) is 40.5. The number of carbonyl (C=O) groups is 1. The van der Waals surface area contributed by atoms with Crippen molar-refractivity contribution in [1.82, 2.24) is 0 Å². The van der Waals surface area contributed by atoms with E-state index in [1.165, 1.54) is 122 Å². The lowest BCUT2D eigenvalue weighted by molar-refractivity contribution is -0.332. The second-order valence-corrected chi connectivity index (χ2v) is 18.3. The molecule has 0 bridgehead atoms. The number of aliphatic hydroxyl groups is 7. The number of esters is 1. The van der Waals surface area contributed by atoms with Gasteiger partial charge in [0.1, 0.15) is 54.9 Å². The molecule has 2 fully saturated rings. The second-order valence-electron chi connectivity index (χ2n) is 18.3. The van der Waals surface area contributed by atoms with Crippen molar-refractivity contribution in [3.63, 3.8) is 0 Å². The molecule has 0 saturated carbocycles. The lowest BCUT2D eigenvalue weighted by Crippen LogP contribution is -2.61. The van der Waals surface area contributed by atoms with E-state index in [-0.39, 0.29) is 25.6 Å². The molecule has 382 valence electrons. The molecule has 14 nitrogen and oxygen atoms in total. The molecule has 0 aromatic rings. The summed E-state index contributed by atoms with van der Waals surface area (Å²) in [5.74, 6) is -0.378. The van der Waals surface area contributed by atoms with Crippen molar-refractivity contribution in [3.8, 4) is 0 Å². The summed E-state index contributed by atoms with van der Waals surface area (Å²) in [7, 11) is 0. The first-order valence-corrected chi connectivity index (χ1v) is 25.9. The van der Waals surface area contributed by atoms with E-state index in [9.17, 15) is 40.5 Å². The van der Waals surface area contributed by atoms with Crippen LogP contribution in [0.25, 0.3) is 0 Å². The van der Waals surface area contributed by atoms with E-state index in [2.05, 4.69) is 38.2 Å². The van der Waals surface area contributed by atoms with Crippen molar-refractivity contribution in [2.24, 2.45) is 0 Å². The van der Waals surface area contributed by atoms with Crippen LogP contribution in [0.3, 0.4) is 0 Å². The molecule has 11 unspecified atom stereocenters. The number of unbranched alkanes of at least 4 members (excludes halogenated alkanes) is 23. The molecule has 2 heterocycles. The fraction of sp³-hybridized carbons (Fsp3) is 0.902. The number of allylic oxidation sites excluding steroid dienone is 4. The van der Waals surface area contributed by atoms with Crippen LogP contribution in [0.1, 0.15) is 194 Å². The molecule has 65 heavy (non-hydrogen) atoms.